The lowest BCUT2D eigenvalue weighted by atomic mass is 10.3. The van der Waals surface area contributed by atoms with Crippen LogP contribution in [0.1, 0.15) is 0 Å². The van der Waals surface area contributed by atoms with Crippen molar-refractivity contribution in [3.05, 3.63) is 40.1 Å². The van der Waals surface area contributed by atoms with E-state index in [0.29, 0.717) is 17.2 Å². The van der Waals surface area contributed by atoms with Gasteiger partial charge in [0.25, 0.3) is 0 Å². The topological polar surface area (TPSA) is 43.3 Å². The van der Waals surface area contributed by atoms with Crippen LogP contribution >= 0.6 is 27.3 Å². The fourth-order valence-electron chi connectivity index (χ4n) is 1.66. The molecule has 86 valence electrons. The number of rotatable bonds is 1. The Labute approximate surface area is 109 Å². The van der Waals surface area contributed by atoms with Crippen LogP contribution in [0.3, 0.4) is 0 Å². The summed E-state index contributed by atoms with van der Waals surface area (Å²) < 4.78 is 15.7. The van der Waals surface area contributed by atoms with E-state index in [1.807, 2.05) is 11.4 Å². The first kappa shape index (κ1) is 10.7. The van der Waals surface area contributed by atoms with Gasteiger partial charge in [0.1, 0.15) is 23.0 Å². The summed E-state index contributed by atoms with van der Waals surface area (Å²) >= 11 is 4.92. The lowest BCUT2D eigenvalue weighted by Crippen LogP contribution is -1.94. The van der Waals surface area contributed by atoms with Crippen LogP contribution in [0, 0.1) is 5.82 Å². The summed E-state index contributed by atoms with van der Waals surface area (Å²) in [4.78, 5) is 5.35. The van der Waals surface area contributed by atoms with Crippen LogP contribution < -0.4 is 5.73 Å². The van der Waals surface area contributed by atoms with Gasteiger partial charge in [-0.1, -0.05) is 0 Å². The summed E-state index contributed by atoms with van der Waals surface area (Å²) in [6.45, 7) is 0. The predicted octanol–water partition coefficient (Wildman–Crippen LogP) is 3.55. The molecule has 3 nitrogen and oxygen atoms in total. The molecule has 3 rings (SSSR count). The van der Waals surface area contributed by atoms with Crippen molar-refractivity contribution in [3.63, 3.8) is 0 Å². The summed E-state index contributed by atoms with van der Waals surface area (Å²) in [6.07, 6.45) is 1.34. The average molecular weight is 312 g/mol. The smallest absolute Gasteiger partial charge is 0.140 e. The van der Waals surface area contributed by atoms with E-state index in [9.17, 15) is 4.39 Å². The molecule has 0 amide bonds. The van der Waals surface area contributed by atoms with Crippen molar-refractivity contribution in [3.8, 4) is 10.6 Å². The fourth-order valence-corrected chi connectivity index (χ4v) is 3.08. The Bertz CT molecular complexity index is 704. The molecule has 0 aliphatic heterocycles. The minimum atomic E-state index is -0.333. The van der Waals surface area contributed by atoms with Gasteiger partial charge in [-0.25, -0.2) is 9.37 Å². The van der Waals surface area contributed by atoms with Gasteiger partial charge in [0.2, 0.25) is 0 Å². The Morgan fingerprint density at radius 2 is 2.24 bits per heavy atom. The minimum absolute atomic E-state index is 0.333. The molecule has 3 heterocycles. The van der Waals surface area contributed by atoms with Gasteiger partial charge in [0, 0.05) is 16.0 Å². The van der Waals surface area contributed by atoms with Crippen LogP contribution in [-0.2, 0) is 0 Å². The molecular formula is C11H7BrFN3S. The van der Waals surface area contributed by atoms with Gasteiger partial charge in [-0.15, -0.1) is 11.3 Å². The molecule has 17 heavy (non-hydrogen) atoms. The maximum Gasteiger partial charge on any atom is 0.140 e. The highest BCUT2D eigenvalue weighted by atomic mass is 79.9. The zero-order valence-corrected chi connectivity index (χ0v) is 10.9. The van der Waals surface area contributed by atoms with Gasteiger partial charge in [0.05, 0.1) is 4.88 Å². The molecule has 0 saturated carbocycles. The monoisotopic (exact) mass is 311 g/mol. The number of aromatic nitrogens is 2. The van der Waals surface area contributed by atoms with Crippen molar-refractivity contribution < 1.29 is 4.39 Å². The van der Waals surface area contributed by atoms with Crippen molar-refractivity contribution in [2.24, 2.45) is 0 Å². The molecule has 3 aromatic heterocycles. The van der Waals surface area contributed by atoms with Crippen LogP contribution in [0.15, 0.2) is 34.2 Å². The molecule has 0 saturated heterocycles. The Hall–Kier alpha value is -1.40. The molecule has 0 bridgehead atoms. The second kappa shape index (κ2) is 3.82. The maximum atomic E-state index is 13.1. The van der Waals surface area contributed by atoms with Gasteiger partial charge >= 0.3 is 0 Å². The highest BCUT2D eigenvalue weighted by Gasteiger charge is 2.13. The van der Waals surface area contributed by atoms with Gasteiger partial charge in [-0.3, -0.25) is 4.40 Å². The Balaban J connectivity index is 2.27. The molecule has 0 atom stereocenters. The largest absolute Gasteiger partial charge is 0.383 e. The fraction of sp³-hybridized carbons (Fsp3) is 0. The number of hydrogen-bond acceptors (Lipinski definition) is 3. The molecule has 0 unspecified atom stereocenters. The second-order valence-electron chi connectivity index (χ2n) is 3.55. The Morgan fingerprint density at radius 3 is 2.94 bits per heavy atom. The molecule has 3 aromatic rings. The maximum absolute atomic E-state index is 13.1. The number of thiophene rings is 1. The van der Waals surface area contributed by atoms with E-state index in [2.05, 4.69) is 20.9 Å². The zero-order chi connectivity index (χ0) is 12.0. The quantitative estimate of drug-likeness (QED) is 0.747. The molecule has 0 radical (unpaired) electrons. The standard InChI is InChI=1S/C11H7BrFN3S/c12-6-3-8(17-5-6)10-11(14)16-4-7(13)1-2-9(16)15-10/h1-5H,14H2. The molecule has 0 aromatic carbocycles. The van der Waals surface area contributed by atoms with E-state index >= 15 is 0 Å². The minimum Gasteiger partial charge on any atom is -0.383 e. The third kappa shape index (κ3) is 1.73. The summed E-state index contributed by atoms with van der Waals surface area (Å²) in [7, 11) is 0. The highest BCUT2D eigenvalue weighted by Crippen LogP contribution is 2.33. The third-order valence-electron chi connectivity index (χ3n) is 2.42. The number of halogens is 2. The van der Waals surface area contributed by atoms with Crippen LogP contribution in [-0.4, -0.2) is 9.38 Å². The van der Waals surface area contributed by atoms with Gasteiger partial charge < -0.3 is 5.73 Å². The molecule has 6 heteroatoms. The summed E-state index contributed by atoms with van der Waals surface area (Å²) in [5.74, 6) is 0.120. The number of anilines is 1. The van der Waals surface area contributed by atoms with Crippen LogP contribution in [0.2, 0.25) is 0 Å². The van der Waals surface area contributed by atoms with E-state index in [1.54, 1.807) is 10.5 Å². The van der Waals surface area contributed by atoms with E-state index in [-0.39, 0.29) is 5.82 Å². The first-order chi connectivity index (χ1) is 8.15. The van der Waals surface area contributed by atoms with E-state index in [1.165, 1.54) is 23.6 Å². The number of imidazole rings is 1. The van der Waals surface area contributed by atoms with E-state index in [0.717, 1.165) is 9.35 Å². The second-order valence-corrected chi connectivity index (χ2v) is 5.38. The number of nitrogen functional groups attached to an aromatic ring is 1. The van der Waals surface area contributed by atoms with Crippen molar-refractivity contribution in [1.29, 1.82) is 0 Å². The molecule has 0 spiro atoms. The predicted molar refractivity (Wildman–Crippen MR) is 70.6 cm³/mol. The summed E-state index contributed by atoms with van der Waals surface area (Å²) in [6, 6.07) is 4.92. The van der Waals surface area contributed by atoms with Crippen molar-refractivity contribution in [1.82, 2.24) is 9.38 Å². The van der Waals surface area contributed by atoms with Crippen molar-refractivity contribution >= 4 is 38.7 Å². The van der Waals surface area contributed by atoms with Gasteiger partial charge in [-0.05, 0) is 34.1 Å². The Kier molecular flexibility index (Phi) is 2.41. The summed E-state index contributed by atoms with van der Waals surface area (Å²) in [5.41, 5.74) is 7.30. The lowest BCUT2D eigenvalue weighted by molar-refractivity contribution is 0.619. The number of nitrogens with zero attached hydrogens (tertiary/aromatic N) is 2. The van der Waals surface area contributed by atoms with Crippen LogP contribution in [0.4, 0.5) is 10.2 Å². The zero-order valence-electron chi connectivity index (χ0n) is 8.52. The first-order valence-corrected chi connectivity index (χ1v) is 6.50. The number of pyridine rings is 1. The molecular weight excluding hydrogens is 305 g/mol. The first-order valence-electron chi connectivity index (χ1n) is 4.82. The SMILES string of the molecule is Nc1c(-c2cc(Br)cs2)nc2ccc(F)cn12. The number of fused-ring (bicyclic) bond motifs is 1. The normalized spacial score (nSPS) is 11.2. The lowest BCUT2D eigenvalue weighted by Gasteiger charge is -1.96. The molecule has 0 aliphatic rings. The highest BCUT2D eigenvalue weighted by molar-refractivity contribution is 9.10. The number of hydrogen-bond donors (Lipinski definition) is 1. The van der Waals surface area contributed by atoms with Crippen molar-refractivity contribution in [2.75, 3.05) is 5.73 Å². The third-order valence-corrected chi connectivity index (χ3v) is 4.12. The van der Waals surface area contributed by atoms with E-state index < -0.39 is 0 Å². The molecule has 2 N–H and O–H groups in total. The van der Waals surface area contributed by atoms with E-state index in [4.69, 9.17) is 5.73 Å². The molecule has 0 fully saturated rings. The van der Waals surface area contributed by atoms with Crippen LogP contribution in [0.25, 0.3) is 16.2 Å². The van der Waals surface area contributed by atoms with Gasteiger partial charge in [0.15, 0.2) is 0 Å². The summed E-state index contributed by atoms with van der Waals surface area (Å²) in [5, 5.41) is 1.96. The van der Waals surface area contributed by atoms with Gasteiger partial charge in [-0.2, -0.15) is 0 Å². The number of nitrogens with two attached hydrogens (primary N) is 1. The van der Waals surface area contributed by atoms with Crippen molar-refractivity contribution in [2.45, 2.75) is 0 Å². The Morgan fingerprint density at radius 1 is 1.41 bits per heavy atom. The van der Waals surface area contributed by atoms with Crippen LogP contribution in [0.5, 0.6) is 0 Å². The molecule has 0 aliphatic carbocycles. The average Bonchev–Trinajstić information content (AvgIpc) is 2.84.